The Bertz CT molecular complexity index is 1020. The highest BCUT2D eigenvalue weighted by Crippen LogP contribution is 2.36. The van der Waals surface area contributed by atoms with Crippen LogP contribution in [0.3, 0.4) is 0 Å². The molecule has 2 aromatic carbocycles. The van der Waals surface area contributed by atoms with Gasteiger partial charge in [0.25, 0.3) is 0 Å². The van der Waals surface area contributed by atoms with Crippen LogP contribution in [-0.2, 0) is 6.42 Å². The minimum Gasteiger partial charge on any atom is -0.478 e. The topological polar surface area (TPSA) is 62.2 Å². The molecule has 1 heterocycles. The van der Waals surface area contributed by atoms with Gasteiger partial charge in [-0.25, -0.2) is 9.18 Å². The highest BCUT2D eigenvalue weighted by molar-refractivity contribution is 7.99. The lowest BCUT2D eigenvalue weighted by Gasteiger charge is -2.27. The zero-order valence-electron chi connectivity index (χ0n) is 15.8. The fourth-order valence-electron chi connectivity index (χ4n) is 3.76. The van der Waals surface area contributed by atoms with Crippen molar-refractivity contribution >= 4 is 23.4 Å². The van der Waals surface area contributed by atoms with E-state index in [9.17, 15) is 14.3 Å². The van der Waals surface area contributed by atoms with E-state index >= 15 is 0 Å². The number of nitrogens with one attached hydrogen (secondary N) is 1. The van der Waals surface area contributed by atoms with Gasteiger partial charge in [-0.1, -0.05) is 17.8 Å². The molecule has 148 valence electrons. The van der Waals surface area contributed by atoms with Gasteiger partial charge in [-0.3, -0.25) is 4.98 Å². The molecule has 2 N–H and O–H groups in total. The molecule has 6 heteroatoms. The molecule has 0 amide bonds. The van der Waals surface area contributed by atoms with Crippen molar-refractivity contribution in [1.82, 2.24) is 4.98 Å². The molecule has 0 spiro atoms. The Morgan fingerprint density at radius 1 is 1.17 bits per heavy atom. The summed E-state index contributed by atoms with van der Waals surface area (Å²) in [4.78, 5) is 17.6. The van der Waals surface area contributed by atoms with Crippen LogP contribution in [0.5, 0.6) is 0 Å². The van der Waals surface area contributed by atoms with Gasteiger partial charge in [0.05, 0.1) is 17.4 Å². The van der Waals surface area contributed by atoms with Crippen molar-refractivity contribution in [3.63, 3.8) is 0 Å². The van der Waals surface area contributed by atoms with E-state index in [2.05, 4.69) is 28.5 Å². The first-order chi connectivity index (χ1) is 14.1. The summed E-state index contributed by atoms with van der Waals surface area (Å²) in [7, 11) is 0. The van der Waals surface area contributed by atoms with Gasteiger partial charge in [0.15, 0.2) is 0 Å². The molecule has 1 aliphatic carbocycles. The number of pyridine rings is 1. The molecule has 1 atom stereocenters. The van der Waals surface area contributed by atoms with E-state index in [0.717, 1.165) is 29.1 Å². The van der Waals surface area contributed by atoms with Crippen molar-refractivity contribution in [2.45, 2.75) is 35.0 Å². The summed E-state index contributed by atoms with van der Waals surface area (Å²) in [6.07, 6.45) is 6.26. The predicted molar refractivity (Wildman–Crippen MR) is 112 cm³/mol. The Labute approximate surface area is 173 Å². The van der Waals surface area contributed by atoms with E-state index in [1.807, 2.05) is 0 Å². The summed E-state index contributed by atoms with van der Waals surface area (Å²) < 4.78 is 13.1. The lowest BCUT2D eigenvalue weighted by Crippen LogP contribution is -2.19. The zero-order valence-corrected chi connectivity index (χ0v) is 16.6. The standard InChI is InChI=1S/C23H21FN2O2S/c24-17-4-6-18(7-5-17)29-19-8-9-20-15(12-19)2-1-3-16(20)13-26-22-14-25-11-10-21(22)23(27)28/h4-12,14,16,26H,1-3,13H2,(H,27,28)/t16-/m1/s1. The Kier molecular flexibility index (Phi) is 5.81. The van der Waals surface area contributed by atoms with E-state index in [1.54, 1.807) is 30.1 Å². The second kappa shape index (κ2) is 8.66. The second-order valence-corrected chi connectivity index (χ2v) is 8.26. The molecular formula is C23H21FN2O2S. The van der Waals surface area contributed by atoms with Crippen molar-refractivity contribution in [1.29, 1.82) is 0 Å². The summed E-state index contributed by atoms with van der Waals surface area (Å²) in [6.45, 7) is 0.670. The summed E-state index contributed by atoms with van der Waals surface area (Å²) >= 11 is 1.63. The van der Waals surface area contributed by atoms with Gasteiger partial charge in [-0.15, -0.1) is 0 Å². The van der Waals surface area contributed by atoms with Gasteiger partial charge >= 0.3 is 5.97 Å². The van der Waals surface area contributed by atoms with Crippen LogP contribution in [0, 0.1) is 5.82 Å². The number of nitrogens with zero attached hydrogens (tertiary/aromatic N) is 1. The van der Waals surface area contributed by atoms with Crippen LogP contribution in [-0.4, -0.2) is 22.6 Å². The molecule has 1 aromatic heterocycles. The number of halogens is 1. The molecule has 29 heavy (non-hydrogen) atoms. The van der Waals surface area contributed by atoms with Crippen LogP contribution in [0.2, 0.25) is 0 Å². The van der Waals surface area contributed by atoms with Crippen LogP contribution in [0.1, 0.15) is 40.2 Å². The van der Waals surface area contributed by atoms with Crippen LogP contribution in [0.15, 0.2) is 70.7 Å². The quantitative estimate of drug-likeness (QED) is 0.556. The number of carbonyl (C=O) groups is 1. The number of aryl methyl sites for hydroxylation is 1. The molecule has 4 nitrogen and oxygen atoms in total. The number of benzene rings is 2. The van der Waals surface area contributed by atoms with Crippen molar-refractivity contribution in [2.24, 2.45) is 0 Å². The van der Waals surface area contributed by atoms with Gasteiger partial charge < -0.3 is 10.4 Å². The van der Waals surface area contributed by atoms with Gasteiger partial charge in [-0.2, -0.15) is 0 Å². The molecule has 1 aliphatic rings. The maximum atomic E-state index is 13.1. The minimum atomic E-state index is -0.957. The molecule has 0 unspecified atom stereocenters. The monoisotopic (exact) mass is 408 g/mol. The first-order valence-electron chi connectivity index (χ1n) is 9.57. The molecular weight excluding hydrogens is 387 g/mol. The minimum absolute atomic E-state index is 0.227. The van der Waals surface area contributed by atoms with Crippen LogP contribution in [0.25, 0.3) is 0 Å². The SMILES string of the molecule is O=C(O)c1ccncc1NC[C@H]1CCCc2cc(Sc3ccc(F)cc3)ccc21. The third-order valence-electron chi connectivity index (χ3n) is 5.19. The fraction of sp³-hybridized carbons (Fsp3) is 0.217. The summed E-state index contributed by atoms with van der Waals surface area (Å²) in [5.41, 5.74) is 3.44. The zero-order chi connectivity index (χ0) is 20.2. The van der Waals surface area contributed by atoms with Crippen molar-refractivity contribution in [3.8, 4) is 0 Å². The molecule has 0 saturated heterocycles. The maximum absolute atomic E-state index is 13.1. The molecule has 0 radical (unpaired) electrons. The Morgan fingerprint density at radius 3 is 2.76 bits per heavy atom. The van der Waals surface area contributed by atoms with Gasteiger partial charge in [0, 0.05) is 28.5 Å². The van der Waals surface area contributed by atoms with Gasteiger partial charge in [0.1, 0.15) is 5.82 Å². The number of carboxylic acids is 1. The lowest BCUT2D eigenvalue weighted by molar-refractivity contribution is 0.0697. The van der Waals surface area contributed by atoms with E-state index in [1.165, 1.54) is 35.5 Å². The number of rotatable bonds is 6. The Balaban J connectivity index is 1.48. The van der Waals surface area contributed by atoms with Crippen LogP contribution < -0.4 is 5.32 Å². The van der Waals surface area contributed by atoms with Gasteiger partial charge in [-0.05, 0) is 72.9 Å². The molecule has 0 bridgehead atoms. The van der Waals surface area contributed by atoms with Crippen molar-refractivity contribution in [3.05, 3.63) is 83.4 Å². The summed E-state index contributed by atoms with van der Waals surface area (Å²) in [5.74, 6) is -0.860. The smallest absolute Gasteiger partial charge is 0.337 e. The number of aromatic nitrogens is 1. The van der Waals surface area contributed by atoms with Crippen LogP contribution >= 0.6 is 11.8 Å². The molecule has 4 rings (SSSR count). The third kappa shape index (κ3) is 4.59. The number of carboxylic acid groups (broad SMARTS) is 1. The molecule has 0 aliphatic heterocycles. The lowest BCUT2D eigenvalue weighted by atomic mass is 9.83. The predicted octanol–water partition coefficient (Wildman–Crippen LogP) is 5.60. The molecule has 3 aromatic rings. The fourth-order valence-corrected chi connectivity index (χ4v) is 4.64. The van der Waals surface area contributed by atoms with Crippen molar-refractivity contribution < 1.29 is 14.3 Å². The van der Waals surface area contributed by atoms with Crippen molar-refractivity contribution in [2.75, 3.05) is 11.9 Å². The molecule has 0 saturated carbocycles. The Morgan fingerprint density at radius 2 is 1.97 bits per heavy atom. The first-order valence-corrected chi connectivity index (χ1v) is 10.4. The Hall–Kier alpha value is -2.86. The van der Waals surface area contributed by atoms with E-state index < -0.39 is 5.97 Å². The molecule has 0 fully saturated rings. The first kappa shape index (κ1) is 19.5. The average molecular weight is 408 g/mol. The van der Waals surface area contributed by atoms with E-state index in [0.29, 0.717) is 18.2 Å². The maximum Gasteiger partial charge on any atom is 0.337 e. The number of anilines is 1. The second-order valence-electron chi connectivity index (χ2n) is 7.11. The van der Waals surface area contributed by atoms with Crippen LogP contribution in [0.4, 0.5) is 10.1 Å². The highest BCUT2D eigenvalue weighted by atomic mass is 32.2. The van der Waals surface area contributed by atoms with Gasteiger partial charge in [0.2, 0.25) is 0 Å². The highest BCUT2D eigenvalue weighted by Gasteiger charge is 2.21. The number of aromatic carboxylic acids is 1. The summed E-state index contributed by atoms with van der Waals surface area (Å²) in [5, 5.41) is 12.6. The number of hydrogen-bond acceptors (Lipinski definition) is 4. The number of hydrogen-bond donors (Lipinski definition) is 2. The van der Waals surface area contributed by atoms with E-state index in [-0.39, 0.29) is 11.4 Å². The normalized spacial score (nSPS) is 15.6. The van der Waals surface area contributed by atoms with E-state index in [4.69, 9.17) is 0 Å². The average Bonchev–Trinajstić information content (AvgIpc) is 2.74. The number of fused-ring (bicyclic) bond motifs is 1. The summed E-state index contributed by atoms with van der Waals surface area (Å²) in [6, 6.07) is 14.6. The third-order valence-corrected chi connectivity index (χ3v) is 6.19. The largest absolute Gasteiger partial charge is 0.478 e.